The van der Waals surface area contributed by atoms with Gasteiger partial charge in [0.15, 0.2) is 5.13 Å². The maximum Gasteiger partial charge on any atom is 0.416 e. The standard InChI is InChI=1S/C23H18F3N3O2S/c1-14-9-10-18(31-2)19-20(14)32-22(28-19)29(13-17-8-3-4-11-27-17)21(30)15-6-5-7-16(12-15)23(24,25)26/h3-12H,13H2,1-2H3. The lowest BCUT2D eigenvalue weighted by Crippen LogP contribution is -2.31. The number of ether oxygens (including phenoxy) is 1. The summed E-state index contributed by atoms with van der Waals surface area (Å²) in [7, 11) is 1.53. The number of alkyl halides is 3. The highest BCUT2D eigenvalue weighted by Gasteiger charge is 2.32. The molecular weight excluding hydrogens is 439 g/mol. The van der Waals surface area contributed by atoms with E-state index in [-0.39, 0.29) is 12.1 Å². The quantitative estimate of drug-likeness (QED) is 0.376. The van der Waals surface area contributed by atoms with E-state index in [1.54, 1.807) is 30.5 Å². The van der Waals surface area contributed by atoms with Gasteiger partial charge in [-0.3, -0.25) is 14.7 Å². The third-order valence-corrected chi connectivity index (χ3v) is 6.08. The molecule has 0 unspecified atom stereocenters. The molecule has 1 amide bonds. The lowest BCUT2D eigenvalue weighted by Gasteiger charge is -2.20. The van der Waals surface area contributed by atoms with E-state index in [1.807, 2.05) is 13.0 Å². The summed E-state index contributed by atoms with van der Waals surface area (Å²) >= 11 is 1.28. The van der Waals surface area contributed by atoms with Gasteiger partial charge >= 0.3 is 6.18 Å². The molecule has 5 nitrogen and oxygen atoms in total. The number of hydrogen-bond donors (Lipinski definition) is 0. The van der Waals surface area contributed by atoms with Gasteiger partial charge in [-0.05, 0) is 48.9 Å². The Labute approximate surface area is 186 Å². The number of carbonyl (C=O) groups is 1. The molecule has 2 aromatic heterocycles. The number of aromatic nitrogens is 2. The summed E-state index contributed by atoms with van der Waals surface area (Å²) in [6.45, 7) is 1.97. The van der Waals surface area contributed by atoms with Gasteiger partial charge in [-0.1, -0.05) is 29.5 Å². The van der Waals surface area contributed by atoms with Gasteiger partial charge in [-0.15, -0.1) is 0 Å². The first-order valence-corrected chi connectivity index (χ1v) is 10.4. The van der Waals surface area contributed by atoms with E-state index in [0.29, 0.717) is 22.1 Å². The van der Waals surface area contributed by atoms with E-state index >= 15 is 0 Å². The lowest BCUT2D eigenvalue weighted by molar-refractivity contribution is -0.137. The maximum absolute atomic E-state index is 13.4. The van der Waals surface area contributed by atoms with Crippen molar-refractivity contribution in [3.05, 3.63) is 83.2 Å². The highest BCUT2D eigenvalue weighted by Crippen LogP contribution is 2.37. The second-order valence-corrected chi connectivity index (χ2v) is 8.03. The van der Waals surface area contributed by atoms with E-state index in [2.05, 4.69) is 9.97 Å². The van der Waals surface area contributed by atoms with Gasteiger partial charge in [-0.2, -0.15) is 13.2 Å². The van der Waals surface area contributed by atoms with Crippen molar-refractivity contribution in [3.8, 4) is 5.75 Å². The number of methoxy groups -OCH3 is 1. The molecule has 0 atom stereocenters. The predicted molar refractivity (Wildman–Crippen MR) is 117 cm³/mol. The molecular formula is C23H18F3N3O2S. The molecule has 4 aromatic rings. The number of thiazole rings is 1. The first-order valence-electron chi connectivity index (χ1n) is 9.61. The Bertz CT molecular complexity index is 1270. The average Bonchev–Trinajstić information content (AvgIpc) is 3.24. The molecule has 0 saturated heterocycles. The van der Waals surface area contributed by atoms with Gasteiger partial charge in [0, 0.05) is 11.8 Å². The van der Waals surface area contributed by atoms with Crippen LogP contribution in [0, 0.1) is 6.92 Å². The summed E-state index contributed by atoms with van der Waals surface area (Å²) in [5.74, 6) is -0.0465. The zero-order valence-corrected chi connectivity index (χ0v) is 18.0. The zero-order chi connectivity index (χ0) is 22.9. The fourth-order valence-corrected chi connectivity index (χ4v) is 4.29. The fraction of sp³-hybridized carbons (Fsp3) is 0.174. The largest absolute Gasteiger partial charge is 0.494 e. The van der Waals surface area contributed by atoms with Crippen molar-refractivity contribution in [1.29, 1.82) is 0 Å². The summed E-state index contributed by atoms with van der Waals surface area (Å²) in [6.07, 6.45) is -2.96. The first-order chi connectivity index (χ1) is 15.3. The monoisotopic (exact) mass is 457 g/mol. The van der Waals surface area contributed by atoms with Gasteiger partial charge in [-0.25, -0.2) is 4.98 Å². The number of carbonyl (C=O) groups excluding carboxylic acids is 1. The van der Waals surface area contributed by atoms with Crippen molar-refractivity contribution in [2.45, 2.75) is 19.6 Å². The van der Waals surface area contributed by atoms with Crippen molar-refractivity contribution >= 4 is 32.6 Å². The Balaban J connectivity index is 1.82. The van der Waals surface area contributed by atoms with Crippen LogP contribution in [0.25, 0.3) is 10.2 Å². The topological polar surface area (TPSA) is 55.3 Å². The molecule has 0 spiro atoms. The molecule has 0 bridgehead atoms. The van der Waals surface area contributed by atoms with Crippen molar-refractivity contribution in [2.75, 3.05) is 12.0 Å². The SMILES string of the molecule is COc1ccc(C)c2sc(N(Cc3ccccn3)C(=O)c3cccc(C(F)(F)F)c3)nc12. The van der Waals surface area contributed by atoms with Crippen LogP contribution in [0.1, 0.15) is 27.2 Å². The number of rotatable bonds is 5. The lowest BCUT2D eigenvalue weighted by atomic mass is 10.1. The Hall–Kier alpha value is -3.46. The Morgan fingerprint density at radius 3 is 2.62 bits per heavy atom. The number of benzene rings is 2. The molecule has 4 rings (SSSR count). The van der Waals surface area contributed by atoms with E-state index in [0.717, 1.165) is 22.4 Å². The summed E-state index contributed by atoms with van der Waals surface area (Å²) in [6, 6.07) is 13.3. The van der Waals surface area contributed by atoms with Gasteiger partial charge < -0.3 is 4.74 Å². The van der Waals surface area contributed by atoms with Crippen molar-refractivity contribution in [3.63, 3.8) is 0 Å². The Kier molecular flexibility index (Phi) is 5.84. The number of halogens is 3. The van der Waals surface area contributed by atoms with Crippen LogP contribution in [0.15, 0.2) is 60.8 Å². The van der Waals surface area contributed by atoms with Gasteiger partial charge in [0.1, 0.15) is 11.3 Å². The van der Waals surface area contributed by atoms with Gasteiger partial charge in [0.05, 0.1) is 29.6 Å². The third kappa shape index (κ3) is 4.29. The molecule has 9 heteroatoms. The molecule has 0 N–H and O–H groups in total. The average molecular weight is 457 g/mol. The number of amides is 1. The molecule has 0 aliphatic rings. The molecule has 164 valence electrons. The highest BCUT2D eigenvalue weighted by atomic mass is 32.1. The maximum atomic E-state index is 13.4. The van der Waals surface area contributed by atoms with Crippen LogP contribution in [0.3, 0.4) is 0 Å². The number of nitrogens with zero attached hydrogens (tertiary/aromatic N) is 3. The molecule has 32 heavy (non-hydrogen) atoms. The molecule has 0 aliphatic heterocycles. The van der Waals surface area contributed by atoms with Gasteiger partial charge in [0.25, 0.3) is 5.91 Å². The number of aryl methyl sites for hydroxylation is 1. The number of pyridine rings is 1. The van der Waals surface area contributed by atoms with Crippen LogP contribution in [0.4, 0.5) is 18.3 Å². The number of hydrogen-bond acceptors (Lipinski definition) is 5. The number of fused-ring (bicyclic) bond motifs is 1. The van der Waals surface area contributed by atoms with Crippen molar-refractivity contribution in [1.82, 2.24) is 9.97 Å². The molecule has 0 saturated carbocycles. The predicted octanol–water partition coefficient (Wildman–Crippen LogP) is 5.87. The van der Waals surface area contributed by atoms with E-state index < -0.39 is 17.6 Å². The second-order valence-electron chi connectivity index (χ2n) is 7.05. The highest BCUT2D eigenvalue weighted by molar-refractivity contribution is 7.22. The zero-order valence-electron chi connectivity index (χ0n) is 17.2. The normalized spacial score (nSPS) is 11.5. The van der Waals surface area contributed by atoms with E-state index in [1.165, 1.54) is 35.5 Å². The van der Waals surface area contributed by atoms with E-state index in [9.17, 15) is 18.0 Å². The second kappa shape index (κ2) is 8.58. The molecule has 0 aliphatic carbocycles. The summed E-state index contributed by atoms with van der Waals surface area (Å²) in [5.41, 5.74) is 1.15. The summed E-state index contributed by atoms with van der Waals surface area (Å²) in [5, 5.41) is 0.348. The third-order valence-electron chi connectivity index (χ3n) is 4.87. The van der Waals surface area contributed by atoms with Crippen LogP contribution in [-0.2, 0) is 12.7 Å². The van der Waals surface area contributed by atoms with Gasteiger partial charge in [0.2, 0.25) is 0 Å². The number of anilines is 1. The van der Waals surface area contributed by atoms with Crippen molar-refractivity contribution in [2.24, 2.45) is 0 Å². The van der Waals surface area contributed by atoms with Crippen LogP contribution in [-0.4, -0.2) is 23.0 Å². The molecule has 2 aromatic carbocycles. The molecule has 0 radical (unpaired) electrons. The molecule has 2 heterocycles. The Morgan fingerprint density at radius 1 is 1.12 bits per heavy atom. The minimum atomic E-state index is -4.55. The first kappa shape index (κ1) is 21.8. The van der Waals surface area contributed by atoms with Crippen LogP contribution < -0.4 is 9.64 Å². The van der Waals surface area contributed by atoms with E-state index in [4.69, 9.17) is 4.74 Å². The molecule has 0 fully saturated rings. The fourth-order valence-electron chi connectivity index (χ4n) is 3.24. The van der Waals surface area contributed by atoms with Crippen LogP contribution >= 0.6 is 11.3 Å². The minimum Gasteiger partial charge on any atom is -0.494 e. The van der Waals surface area contributed by atoms with Crippen LogP contribution in [0.2, 0.25) is 0 Å². The summed E-state index contributed by atoms with van der Waals surface area (Å²) in [4.78, 5) is 23.6. The smallest absolute Gasteiger partial charge is 0.416 e. The van der Waals surface area contributed by atoms with Crippen molar-refractivity contribution < 1.29 is 22.7 Å². The van der Waals surface area contributed by atoms with Crippen LogP contribution in [0.5, 0.6) is 5.75 Å². The minimum absolute atomic E-state index is 0.0527. The summed E-state index contributed by atoms with van der Waals surface area (Å²) < 4.78 is 45.9. The Morgan fingerprint density at radius 2 is 1.94 bits per heavy atom.